The van der Waals surface area contributed by atoms with Crippen LogP contribution >= 0.6 is 23.2 Å². The predicted molar refractivity (Wildman–Crippen MR) is 122 cm³/mol. The normalized spacial score (nSPS) is 12.0. The number of nitrogens with one attached hydrogen (secondary N) is 1. The molecule has 0 fully saturated rings. The monoisotopic (exact) mass is 436 g/mol. The van der Waals surface area contributed by atoms with E-state index in [2.05, 4.69) is 21.5 Å². The number of nitrogens with two attached hydrogens (primary N) is 1. The van der Waals surface area contributed by atoms with Crippen LogP contribution < -0.4 is 11.1 Å². The summed E-state index contributed by atoms with van der Waals surface area (Å²) in [6, 6.07) is 11.5. The number of pyridine rings is 1. The SMILES string of the molecule is Cc1ccccc1-c1c(Cl)c(N)c2cnc(Nc3cnn(C(C)C#N)c3)cc2c1Cl. The summed E-state index contributed by atoms with van der Waals surface area (Å²) < 4.78 is 1.57. The molecular weight excluding hydrogens is 419 g/mol. The van der Waals surface area contributed by atoms with Crippen molar-refractivity contribution in [2.24, 2.45) is 0 Å². The third-order valence-corrected chi connectivity index (χ3v) is 5.76. The van der Waals surface area contributed by atoms with Gasteiger partial charge in [0.15, 0.2) is 0 Å². The molecule has 30 heavy (non-hydrogen) atoms. The van der Waals surface area contributed by atoms with Gasteiger partial charge in [-0.2, -0.15) is 10.4 Å². The molecular formula is C22H18Cl2N6. The van der Waals surface area contributed by atoms with Crippen LogP contribution in [0.4, 0.5) is 17.2 Å². The molecule has 0 saturated heterocycles. The summed E-state index contributed by atoms with van der Waals surface area (Å²) in [5.41, 5.74) is 10.2. The smallest absolute Gasteiger partial charge is 0.135 e. The van der Waals surface area contributed by atoms with E-state index in [-0.39, 0.29) is 6.04 Å². The highest BCUT2D eigenvalue weighted by atomic mass is 35.5. The molecule has 2 aromatic heterocycles. The number of rotatable bonds is 4. The average molecular weight is 437 g/mol. The highest BCUT2D eigenvalue weighted by Crippen LogP contribution is 2.45. The van der Waals surface area contributed by atoms with Gasteiger partial charge in [0.05, 0.1) is 33.7 Å². The van der Waals surface area contributed by atoms with Gasteiger partial charge in [-0.1, -0.05) is 47.5 Å². The standard InChI is InChI=1S/C22H18Cl2N6/c1-12-5-3-4-6-15(12)19-20(23)16-7-18(27-10-17(16)22(26)21(19)24)29-14-9-28-30(11-14)13(2)8-25/h3-7,9-11,13H,26H2,1-2H3,(H,27,29). The summed E-state index contributed by atoms with van der Waals surface area (Å²) in [7, 11) is 0. The molecule has 0 bridgehead atoms. The third kappa shape index (κ3) is 3.43. The number of hydrogen-bond donors (Lipinski definition) is 2. The van der Waals surface area contributed by atoms with E-state index in [1.807, 2.05) is 37.3 Å². The molecule has 2 heterocycles. The van der Waals surface area contributed by atoms with E-state index in [1.54, 1.807) is 30.2 Å². The lowest BCUT2D eigenvalue weighted by atomic mass is 9.97. The average Bonchev–Trinajstić information content (AvgIpc) is 3.21. The van der Waals surface area contributed by atoms with Crippen molar-refractivity contribution in [3.05, 3.63) is 64.5 Å². The van der Waals surface area contributed by atoms with Crippen molar-refractivity contribution >= 4 is 51.2 Å². The fourth-order valence-electron chi connectivity index (χ4n) is 3.32. The molecule has 2 aromatic carbocycles. The van der Waals surface area contributed by atoms with Crippen LogP contribution in [0.2, 0.25) is 10.0 Å². The van der Waals surface area contributed by atoms with Crippen LogP contribution in [-0.4, -0.2) is 14.8 Å². The van der Waals surface area contributed by atoms with Crippen molar-refractivity contribution in [2.45, 2.75) is 19.9 Å². The molecule has 1 unspecified atom stereocenters. The van der Waals surface area contributed by atoms with Gasteiger partial charge in [-0.25, -0.2) is 4.98 Å². The van der Waals surface area contributed by atoms with Crippen LogP contribution in [0.15, 0.2) is 48.9 Å². The summed E-state index contributed by atoms with van der Waals surface area (Å²) in [5.74, 6) is 0.575. The Hall–Kier alpha value is -3.27. The Bertz CT molecular complexity index is 1310. The number of aromatic nitrogens is 3. The highest BCUT2D eigenvalue weighted by Gasteiger charge is 2.19. The van der Waals surface area contributed by atoms with Crippen LogP contribution in [0.1, 0.15) is 18.5 Å². The first-order valence-corrected chi connectivity index (χ1v) is 9.99. The van der Waals surface area contributed by atoms with E-state index in [0.29, 0.717) is 38.2 Å². The van der Waals surface area contributed by atoms with Crippen molar-refractivity contribution < 1.29 is 0 Å². The van der Waals surface area contributed by atoms with Gasteiger partial charge in [0.2, 0.25) is 0 Å². The number of halogens is 2. The van der Waals surface area contributed by atoms with Gasteiger partial charge < -0.3 is 11.1 Å². The molecule has 0 aliphatic rings. The topological polar surface area (TPSA) is 92.5 Å². The molecule has 3 N–H and O–H groups in total. The molecule has 6 nitrogen and oxygen atoms in total. The molecule has 0 radical (unpaired) electrons. The zero-order valence-electron chi connectivity index (χ0n) is 16.3. The Labute approximate surface area is 183 Å². The Balaban J connectivity index is 1.82. The van der Waals surface area contributed by atoms with Crippen LogP contribution in [0.3, 0.4) is 0 Å². The lowest BCUT2D eigenvalue weighted by Crippen LogP contribution is -2.02. The number of nitriles is 1. The number of hydrogen-bond acceptors (Lipinski definition) is 5. The predicted octanol–water partition coefficient (Wildman–Crippen LogP) is 6.12. The minimum Gasteiger partial charge on any atom is -0.397 e. The lowest BCUT2D eigenvalue weighted by Gasteiger charge is -2.16. The molecule has 4 rings (SSSR count). The van der Waals surface area contributed by atoms with Gasteiger partial charge in [0.1, 0.15) is 11.9 Å². The fraction of sp³-hybridized carbons (Fsp3) is 0.136. The summed E-state index contributed by atoms with van der Waals surface area (Å²) in [6.07, 6.45) is 5.03. The molecule has 0 amide bonds. The second-order valence-corrected chi connectivity index (χ2v) is 7.74. The second-order valence-electron chi connectivity index (χ2n) is 6.99. The van der Waals surface area contributed by atoms with Gasteiger partial charge in [0.25, 0.3) is 0 Å². The number of benzene rings is 2. The van der Waals surface area contributed by atoms with Crippen LogP contribution in [0, 0.1) is 18.3 Å². The van der Waals surface area contributed by atoms with E-state index in [1.165, 1.54) is 0 Å². The van der Waals surface area contributed by atoms with Crippen LogP contribution in [0.5, 0.6) is 0 Å². The highest BCUT2D eigenvalue weighted by molar-refractivity contribution is 6.45. The molecule has 0 aliphatic heterocycles. The van der Waals surface area contributed by atoms with Crippen LogP contribution in [-0.2, 0) is 0 Å². The molecule has 150 valence electrons. The molecule has 0 saturated carbocycles. The zero-order chi connectivity index (χ0) is 21.4. The second kappa shape index (κ2) is 7.86. The van der Waals surface area contributed by atoms with Gasteiger partial charge in [-0.05, 0) is 31.0 Å². The van der Waals surface area contributed by atoms with Crippen molar-refractivity contribution in [3.63, 3.8) is 0 Å². The first kappa shape index (κ1) is 20.0. The van der Waals surface area contributed by atoms with Crippen LogP contribution in [0.25, 0.3) is 21.9 Å². The Morgan fingerprint density at radius 3 is 2.67 bits per heavy atom. The molecule has 4 aromatic rings. The van der Waals surface area contributed by atoms with E-state index in [9.17, 15) is 0 Å². The summed E-state index contributed by atoms with van der Waals surface area (Å²) in [5, 5.41) is 18.8. The molecule has 0 spiro atoms. The van der Waals surface area contributed by atoms with Crippen molar-refractivity contribution in [1.82, 2.24) is 14.8 Å². The maximum atomic E-state index is 9.04. The Morgan fingerprint density at radius 1 is 1.17 bits per heavy atom. The Kier molecular flexibility index (Phi) is 5.25. The van der Waals surface area contributed by atoms with E-state index in [0.717, 1.165) is 16.5 Å². The maximum Gasteiger partial charge on any atom is 0.135 e. The Morgan fingerprint density at radius 2 is 1.93 bits per heavy atom. The number of aryl methyl sites for hydroxylation is 1. The molecule has 8 heteroatoms. The van der Waals surface area contributed by atoms with Gasteiger partial charge in [-0.15, -0.1) is 0 Å². The van der Waals surface area contributed by atoms with Crippen molar-refractivity contribution in [3.8, 4) is 17.2 Å². The first-order chi connectivity index (χ1) is 14.4. The summed E-state index contributed by atoms with van der Waals surface area (Å²) in [4.78, 5) is 4.43. The summed E-state index contributed by atoms with van der Waals surface area (Å²) in [6.45, 7) is 3.77. The van der Waals surface area contributed by atoms with E-state index >= 15 is 0 Å². The number of nitrogens with zero attached hydrogens (tertiary/aromatic N) is 4. The minimum atomic E-state index is -0.363. The lowest BCUT2D eigenvalue weighted by molar-refractivity contribution is 0.591. The fourth-order valence-corrected chi connectivity index (χ4v) is 4.01. The first-order valence-electron chi connectivity index (χ1n) is 9.23. The number of nitrogen functional groups attached to an aromatic ring is 1. The van der Waals surface area contributed by atoms with Crippen molar-refractivity contribution in [1.29, 1.82) is 5.26 Å². The third-order valence-electron chi connectivity index (χ3n) is 4.98. The van der Waals surface area contributed by atoms with E-state index < -0.39 is 0 Å². The van der Waals surface area contributed by atoms with Gasteiger partial charge >= 0.3 is 0 Å². The molecule has 0 aliphatic carbocycles. The largest absolute Gasteiger partial charge is 0.397 e. The van der Waals surface area contributed by atoms with Crippen molar-refractivity contribution in [2.75, 3.05) is 11.1 Å². The van der Waals surface area contributed by atoms with Gasteiger partial charge in [0, 0.05) is 28.7 Å². The maximum absolute atomic E-state index is 9.04. The quantitative estimate of drug-likeness (QED) is 0.375. The summed E-state index contributed by atoms with van der Waals surface area (Å²) >= 11 is 13.4. The number of fused-ring (bicyclic) bond motifs is 1. The number of anilines is 3. The van der Waals surface area contributed by atoms with Gasteiger partial charge in [-0.3, -0.25) is 4.68 Å². The minimum absolute atomic E-state index is 0.363. The zero-order valence-corrected chi connectivity index (χ0v) is 17.8. The molecule has 1 atom stereocenters. The van der Waals surface area contributed by atoms with E-state index in [4.69, 9.17) is 34.2 Å².